The molecule has 0 atom stereocenters. The van der Waals surface area contributed by atoms with Crippen molar-refractivity contribution in [2.45, 2.75) is 13.8 Å². The van der Waals surface area contributed by atoms with Crippen molar-refractivity contribution in [1.29, 1.82) is 0 Å². The van der Waals surface area contributed by atoms with Gasteiger partial charge in [-0.15, -0.1) is 5.10 Å². The number of nitrogens with zero attached hydrogens (tertiary/aromatic N) is 3. The first-order chi connectivity index (χ1) is 15.0. The van der Waals surface area contributed by atoms with Crippen LogP contribution in [0.1, 0.15) is 21.7 Å². The lowest BCUT2D eigenvalue weighted by atomic mass is 10.1. The summed E-state index contributed by atoms with van der Waals surface area (Å²) in [6.45, 7) is 3.92. The van der Waals surface area contributed by atoms with Crippen molar-refractivity contribution in [3.05, 3.63) is 88.7 Å². The number of benzene rings is 3. The predicted molar refractivity (Wildman–Crippen MR) is 122 cm³/mol. The number of carbonyl (C=O) groups is 1. The molecule has 0 saturated heterocycles. The maximum atomic E-state index is 12.9. The lowest BCUT2D eigenvalue weighted by Gasteiger charge is -2.10. The third-order valence-corrected chi connectivity index (χ3v) is 5.31. The maximum absolute atomic E-state index is 12.9. The molecule has 156 valence electrons. The van der Waals surface area contributed by atoms with Crippen LogP contribution >= 0.6 is 11.6 Å². The molecule has 3 aromatic carbocycles. The number of amides is 1. The van der Waals surface area contributed by atoms with Crippen molar-refractivity contribution < 1.29 is 9.53 Å². The SMILES string of the molecule is COc1ccc(NC(=O)c2nc(-c3cccc(C)c3)n(-c3cccc(Cl)c3C)n2)cc1. The lowest BCUT2D eigenvalue weighted by Crippen LogP contribution is -2.14. The van der Waals surface area contributed by atoms with E-state index in [0.29, 0.717) is 22.3 Å². The molecule has 4 rings (SSSR count). The van der Waals surface area contributed by atoms with Gasteiger partial charge in [-0.1, -0.05) is 41.4 Å². The number of carbonyl (C=O) groups excluding carboxylic acids is 1. The second-order valence-corrected chi connectivity index (χ2v) is 7.51. The number of hydrogen-bond acceptors (Lipinski definition) is 4. The Hall–Kier alpha value is -3.64. The minimum absolute atomic E-state index is 0.0618. The van der Waals surface area contributed by atoms with E-state index in [0.717, 1.165) is 22.4 Å². The molecule has 0 aliphatic heterocycles. The van der Waals surface area contributed by atoms with E-state index in [1.54, 1.807) is 36.1 Å². The van der Waals surface area contributed by atoms with E-state index in [1.165, 1.54) is 0 Å². The first kappa shape index (κ1) is 20.6. The minimum atomic E-state index is -0.405. The molecule has 0 bridgehead atoms. The van der Waals surface area contributed by atoms with Gasteiger partial charge in [0.2, 0.25) is 5.82 Å². The van der Waals surface area contributed by atoms with Crippen molar-refractivity contribution in [3.8, 4) is 22.8 Å². The Kier molecular flexibility index (Phi) is 5.73. The van der Waals surface area contributed by atoms with Crippen LogP contribution in [-0.2, 0) is 0 Å². The summed E-state index contributed by atoms with van der Waals surface area (Å²) in [5.41, 5.74) is 4.18. The van der Waals surface area contributed by atoms with Gasteiger partial charge in [-0.3, -0.25) is 4.79 Å². The average molecular weight is 433 g/mol. The van der Waals surface area contributed by atoms with E-state index in [-0.39, 0.29) is 5.82 Å². The summed E-state index contributed by atoms with van der Waals surface area (Å²) < 4.78 is 6.82. The van der Waals surface area contributed by atoms with Crippen LogP contribution in [0.5, 0.6) is 5.75 Å². The Balaban J connectivity index is 1.77. The first-order valence-electron chi connectivity index (χ1n) is 9.71. The van der Waals surface area contributed by atoms with Gasteiger partial charge < -0.3 is 10.1 Å². The third kappa shape index (κ3) is 4.29. The van der Waals surface area contributed by atoms with Crippen LogP contribution in [-0.4, -0.2) is 27.8 Å². The van der Waals surface area contributed by atoms with Crippen LogP contribution in [0.3, 0.4) is 0 Å². The van der Waals surface area contributed by atoms with Gasteiger partial charge in [-0.25, -0.2) is 9.67 Å². The third-order valence-electron chi connectivity index (χ3n) is 4.90. The number of rotatable bonds is 5. The number of anilines is 1. The molecular weight excluding hydrogens is 412 g/mol. The number of nitrogens with one attached hydrogen (secondary N) is 1. The zero-order valence-electron chi connectivity index (χ0n) is 17.4. The molecular formula is C24H21ClN4O2. The molecule has 0 fully saturated rings. The van der Waals surface area contributed by atoms with E-state index in [2.05, 4.69) is 15.4 Å². The zero-order valence-corrected chi connectivity index (χ0v) is 18.1. The highest BCUT2D eigenvalue weighted by Crippen LogP contribution is 2.27. The Bertz CT molecular complexity index is 1250. The fourth-order valence-corrected chi connectivity index (χ4v) is 3.40. The molecule has 1 N–H and O–H groups in total. The molecule has 0 aliphatic carbocycles. The number of halogens is 1. The highest BCUT2D eigenvalue weighted by Gasteiger charge is 2.20. The second-order valence-electron chi connectivity index (χ2n) is 7.11. The summed E-state index contributed by atoms with van der Waals surface area (Å²) in [4.78, 5) is 17.5. The van der Waals surface area contributed by atoms with Crippen molar-refractivity contribution in [2.75, 3.05) is 12.4 Å². The molecule has 0 radical (unpaired) electrons. The summed E-state index contributed by atoms with van der Waals surface area (Å²) >= 11 is 6.34. The molecule has 4 aromatic rings. The van der Waals surface area contributed by atoms with Gasteiger partial charge in [0, 0.05) is 16.3 Å². The number of aromatic nitrogens is 3. The van der Waals surface area contributed by atoms with Gasteiger partial charge >= 0.3 is 0 Å². The van der Waals surface area contributed by atoms with Crippen LogP contribution in [0.25, 0.3) is 17.1 Å². The van der Waals surface area contributed by atoms with Gasteiger partial charge in [0.15, 0.2) is 5.82 Å². The van der Waals surface area contributed by atoms with Gasteiger partial charge in [-0.2, -0.15) is 0 Å². The van der Waals surface area contributed by atoms with E-state index >= 15 is 0 Å². The van der Waals surface area contributed by atoms with Gasteiger partial charge in [0.1, 0.15) is 5.75 Å². The van der Waals surface area contributed by atoms with Crippen LogP contribution in [0.2, 0.25) is 5.02 Å². The van der Waals surface area contributed by atoms with Crippen molar-refractivity contribution in [1.82, 2.24) is 14.8 Å². The fraction of sp³-hybridized carbons (Fsp3) is 0.125. The smallest absolute Gasteiger partial charge is 0.295 e. The normalized spacial score (nSPS) is 10.7. The molecule has 6 nitrogen and oxygen atoms in total. The van der Waals surface area contributed by atoms with Crippen molar-refractivity contribution in [3.63, 3.8) is 0 Å². The van der Waals surface area contributed by atoms with E-state index in [9.17, 15) is 4.79 Å². The second kappa shape index (κ2) is 8.62. The Labute approximate surface area is 185 Å². The maximum Gasteiger partial charge on any atom is 0.295 e. The van der Waals surface area contributed by atoms with E-state index in [1.807, 2.05) is 56.3 Å². The number of hydrogen-bond donors (Lipinski definition) is 1. The molecule has 0 spiro atoms. The van der Waals surface area contributed by atoms with Crippen LogP contribution in [0, 0.1) is 13.8 Å². The summed E-state index contributed by atoms with van der Waals surface area (Å²) in [5, 5.41) is 7.98. The lowest BCUT2D eigenvalue weighted by molar-refractivity contribution is 0.101. The average Bonchev–Trinajstić information content (AvgIpc) is 3.22. The van der Waals surface area contributed by atoms with Gasteiger partial charge in [-0.05, 0) is 61.9 Å². The number of aryl methyl sites for hydroxylation is 1. The molecule has 1 aromatic heterocycles. The van der Waals surface area contributed by atoms with Crippen LogP contribution in [0.15, 0.2) is 66.7 Å². The van der Waals surface area contributed by atoms with E-state index in [4.69, 9.17) is 16.3 Å². The molecule has 0 aliphatic rings. The molecule has 0 unspecified atom stereocenters. The topological polar surface area (TPSA) is 69.0 Å². The van der Waals surface area contributed by atoms with Crippen molar-refractivity contribution in [2.24, 2.45) is 0 Å². The largest absolute Gasteiger partial charge is 0.497 e. The number of methoxy groups -OCH3 is 1. The Morgan fingerprint density at radius 1 is 1.03 bits per heavy atom. The summed E-state index contributed by atoms with van der Waals surface area (Å²) in [7, 11) is 1.59. The molecule has 0 saturated carbocycles. The Morgan fingerprint density at radius 3 is 2.48 bits per heavy atom. The molecule has 31 heavy (non-hydrogen) atoms. The minimum Gasteiger partial charge on any atom is -0.497 e. The van der Waals surface area contributed by atoms with Crippen LogP contribution < -0.4 is 10.1 Å². The highest BCUT2D eigenvalue weighted by atomic mass is 35.5. The van der Waals surface area contributed by atoms with Crippen molar-refractivity contribution >= 4 is 23.2 Å². The van der Waals surface area contributed by atoms with Gasteiger partial charge in [0.05, 0.1) is 12.8 Å². The fourth-order valence-electron chi connectivity index (χ4n) is 3.23. The van der Waals surface area contributed by atoms with Gasteiger partial charge in [0.25, 0.3) is 5.91 Å². The Morgan fingerprint density at radius 2 is 1.77 bits per heavy atom. The quantitative estimate of drug-likeness (QED) is 0.454. The van der Waals surface area contributed by atoms with E-state index < -0.39 is 5.91 Å². The predicted octanol–water partition coefficient (Wildman–Crippen LogP) is 5.47. The summed E-state index contributed by atoms with van der Waals surface area (Å²) in [6.07, 6.45) is 0. The number of ether oxygens (including phenoxy) is 1. The highest BCUT2D eigenvalue weighted by molar-refractivity contribution is 6.31. The summed E-state index contributed by atoms with van der Waals surface area (Å²) in [5.74, 6) is 0.928. The zero-order chi connectivity index (χ0) is 22.0. The first-order valence-corrected chi connectivity index (χ1v) is 10.1. The monoisotopic (exact) mass is 432 g/mol. The van der Waals surface area contributed by atoms with Crippen LogP contribution in [0.4, 0.5) is 5.69 Å². The molecule has 1 heterocycles. The molecule has 7 heteroatoms. The molecule has 1 amide bonds. The standard InChI is InChI=1S/C24H21ClN4O2/c1-15-6-4-7-17(14-15)23-27-22(24(30)26-18-10-12-19(31-3)13-11-18)28-29(23)21-9-5-8-20(25)16(21)2/h4-14H,1-3H3,(H,26,30). The summed E-state index contributed by atoms with van der Waals surface area (Å²) in [6, 6.07) is 20.5.